The van der Waals surface area contributed by atoms with Gasteiger partial charge in [0.1, 0.15) is 5.02 Å². The number of likely N-dealkylation sites (N-methyl/N-ethyl adjacent to an activating group) is 1. The van der Waals surface area contributed by atoms with Crippen LogP contribution in [-0.4, -0.2) is 30.6 Å². The third-order valence-corrected chi connectivity index (χ3v) is 2.09. The van der Waals surface area contributed by atoms with E-state index >= 15 is 0 Å². The lowest BCUT2D eigenvalue weighted by atomic mass is 10.3. The maximum atomic E-state index is 13.1. The molecular formula is C8H12ClFN4. The highest BCUT2D eigenvalue weighted by Crippen LogP contribution is 2.18. The first kappa shape index (κ1) is 11.1. The number of nitrogens with zero attached hydrogens (tertiary/aromatic N) is 2. The standard InChI is InChI=1S/C8H12ClFN4/c1-11-4-3-5-6(9)7(10)14-8(12-2)13-5/h11H,3-4H2,1-2H3,(H,12,13,14). The lowest BCUT2D eigenvalue weighted by Crippen LogP contribution is -2.13. The monoisotopic (exact) mass is 218 g/mol. The Morgan fingerprint density at radius 1 is 1.36 bits per heavy atom. The lowest BCUT2D eigenvalue weighted by molar-refractivity contribution is 0.577. The van der Waals surface area contributed by atoms with Gasteiger partial charge in [0, 0.05) is 20.0 Å². The van der Waals surface area contributed by atoms with E-state index in [2.05, 4.69) is 20.6 Å². The summed E-state index contributed by atoms with van der Waals surface area (Å²) in [7, 11) is 3.44. The molecule has 1 heterocycles. The minimum Gasteiger partial charge on any atom is -0.357 e. The SMILES string of the molecule is CNCCc1nc(NC)nc(F)c1Cl. The van der Waals surface area contributed by atoms with Crippen LogP contribution in [0.2, 0.25) is 5.02 Å². The number of rotatable bonds is 4. The molecule has 78 valence electrons. The third-order valence-electron chi connectivity index (χ3n) is 1.71. The summed E-state index contributed by atoms with van der Waals surface area (Å²) >= 11 is 5.70. The molecule has 2 N–H and O–H groups in total. The van der Waals surface area contributed by atoms with Gasteiger partial charge in [-0.05, 0) is 7.05 Å². The van der Waals surface area contributed by atoms with Gasteiger partial charge < -0.3 is 10.6 Å². The first-order valence-electron chi connectivity index (χ1n) is 4.23. The third kappa shape index (κ3) is 2.52. The Morgan fingerprint density at radius 3 is 2.64 bits per heavy atom. The predicted octanol–water partition coefficient (Wildman–Crippen LogP) is 1.07. The highest BCUT2D eigenvalue weighted by atomic mass is 35.5. The average Bonchev–Trinajstić information content (AvgIpc) is 2.20. The number of hydrogen-bond acceptors (Lipinski definition) is 4. The molecule has 0 aliphatic heterocycles. The van der Waals surface area contributed by atoms with Gasteiger partial charge in [-0.2, -0.15) is 9.37 Å². The van der Waals surface area contributed by atoms with Crippen molar-refractivity contribution < 1.29 is 4.39 Å². The summed E-state index contributed by atoms with van der Waals surface area (Å²) < 4.78 is 13.1. The van der Waals surface area contributed by atoms with Gasteiger partial charge in [0.05, 0.1) is 5.69 Å². The van der Waals surface area contributed by atoms with E-state index in [-0.39, 0.29) is 11.0 Å². The molecule has 0 aliphatic rings. The average molecular weight is 219 g/mol. The molecular weight excluding hydrogens is 207 g/mol. The maximum Gasteiger partial charge on any atom is 0.236 e. The fourth-order valence-corrected chi connectivity index (χ4v) is 1.16. The van der Waals surface area contributed by atoms with Crippen LogP contribution in [0.1, 0.15) is 5.69 Å². The molecule has 0 aliphatic carbocycles. The summed E-state index contributed by atoms with van der Waals surface area (Å²) in [5.41, 5.74) is 0.512. The lowest BCUT2D eigenvalue weighted by Gasteiger charge is -2.06. The Morgan fingerprint density at radius 2 is 2.07 bits per heavy atom. The molecule has 1 aromatic rings. The number of halogens is 2. The van der Waals surface area contributed by atoms with E-state index in [0.29, 0.717) is 18.7 Å². The van der Waals surface area contributed by atoms with Crippen molar-refractivity contribution in [1.29, 1.82) is 0 Å². The van der Waals surface area contributed by atoms with Crippen molar-refractivity contribution in [2.75, 3.05) is 26.0 Å². The molecule has 0 aromatic carbocycles. The zero-order valence-electron chi connectivity index (χ0n) is 8.06. The van der Waals surface area contributed by atoms with E-state index in [1.807, 2.05) is 7.05 Å². The van der Waals surface area contributed by atoms with Gasteiger partial charge in [0.25, 0.3) is 0 Å². The zero-order valence-corrected chi connectivity index (χ0v) is 8.82. The van der Waals surface area contributed by atoms with Crippen molar-refractivity contribution >= 4 is 17.5 Å². The van der Waals surface area contributed by atoms with Crippen molar-refractivity contribution in [3.63, 3.8) is 0 Å². The second-order valence-electron chi connectivity index (χ2n) is 2.70. The van der Waals surface area contributed by atoms with Gasteiger partial charge in [0.15, 0.2) is 0 Å². The molecule has 4 nitrogen and oxygen atoms in total. The van der Waals surface area contributed by atoms with E-state index < -0.39 is 5.95 Å². The summed E-state index contributed by atoms with van der Waals surface area (Å²) in [5, 5.41) is 5.61. The van der Waals surface area contributed by atoms with E-state index in [9.17, 15) is 4.39 Å². The van der Waals surface area contributed by atoms with E-state index in [1.165, 1.54) is 0 Å². The molecule has 0 saturated heterocycles. The summed E-state index contributed by atoms with van der Waals surface area (Å²) in [4.78, 5) is 7.57. The maximum absolute atomic E-state index is 13.1. The molecule has 0 fully saturated rings. The summed E-state index contributed by atoms with van der Waals surface area (Å²) in [5.74, 6) is -0.435. The number of hydrogen-bond donors (Lipinski definition) is 2. The molecule has 0 radical (unpaired) electrons. The van der Waals surface area contributed by atoms with Gasteiger partial charge in [0.2, 0.25) is 11.9 Å². The fraction of sp³-hybridized carbons (Fsp3) is 0.500. The first-order valence-corrected chi connectivity index (χ1v) is 4.61. The highest BCUT2D eigenvalue weighted by Gasteiger charge is 2.10. The number of nitrogens with one attached hydrogen (secondary N) is 2. The molecule has 0 bridgehead atoms. The molecule has 0 amide bonds. The topological polar surface area (TPSA) is 49.8 Å². The van der Waals surface area contributed by atoms with Crippen LogP contribution >= 0.6 is 11.6 Å². The quantitative estimate of drug-likeness (QED) is 0.743. The zero-order chi connectivity index (χ0) is 10.6. The molecule has 0 atom stereocenters. The van der Waals surface area contributed by atoms with Gasteiger partial charge >= 0.3 is 0 Å². The minimum absolute atomic E-state index is 0.000694. The molecule has 0 saturated carbocycles. The van der Waals surface area contributed by atoms with Crippen molar-refractivity contribution in [1.82, 2.24) is 15.3 Å². The van der Waals surface area contributed by atoms with Crippen LogP contribution < -0.4 is 10.6 Å². The van der Waals surface area contributed by atoms with Crippen molar-refractivity contribution in [2.45, 2.75) is 6.42 Å². The molecule has 6 heteroatoms. The van der Waals surface area contributed by atoms with Crippen LogP contribution in [0.25, 0.3) is 0 Å². The molecule has 1 aromatic heterocycles. The molecule has 0 spiro atoms. The van der Waals surface area contributed by atoms with E-state index in [1.54, 1.807) is 7.05 Å². The summed E-state index contributed by atoms with van der Waals surface area (Å²) in [6, 6.07) is 0. The van der Waals surface area contributed by atoms with Crippen LogP contribution in [0.4, 0.5) is 10.3 Å². The van der Waals surface area contributed by atoms with Crippen LogP contribution in [0.15, 0.2) is 0 Å². The van der Waals surface area contributed by atoms with Gasteiger partial charge in [-0.3, -0.25) is 0 Å². The Bertz CT molecular complexity index is 318. The van der Waals surface area contributed by atoms with Crippen molar-refractivity contribution in [2.24, 2.45) is 0 Å². The van der Waals surface area contributed by atoms with Crippen LogP contribution in [0.5, 0.6) is 0 Å². The van der Waals surface area contributed by atoms with Gasteiger partial charge in [-0.25, -0.2) is 4.98 Å². The van der Waals surface area contributed by atoms with Crippen LogP contribution in [0.3, 0.4) is 0 Å². The second kappa shape index (κ2) is 5.07. The highest BCUT2D eigenvalue weighted by molar-refractivity contribution is 6.31. The van der Waals surface area contributed by atoms with Crippen LogP contribution in [-0.2, 0) is 6.42 Å². The first-order chi connectivity index (χ1) is 6.69. The second-order valence-corrected chi connectivity index (χ2v) is 3.08. The normalized spacial score (nSPS) is 10.3. The minimum atomic E-state index is -0.683. The van der Waals surface area contributed by atoms with Gasteiger partial charge in [-0.1, -0.05) is 11.6 Å². The predicted molar refractivity (Wildman–Crippen MR) is 54.2 cm³/mol. The Balaban J connectivity index is 2.95. The summed E-state index contributed by atoms with van der Waals surface area (Å²) in [6.07, 6.45) is 0.573. The van der Waals surface area contributed by atoms with E-state index in [4.69, 9.17) is 11.6 Å². The Labute approximate surface area is 86.9 Å². The number of aromatic nitrogens is 2. The molecule has 1 rings (SSSR count). The van der Waals surface area contributed by atoms with Crippen LogP contribution in [0, 0.1) is 5.95 Å². The van der Waals surface area contributed by atoms with Crippen molar-refractivity contribution in [3.05, 3.63) is 16.7 Å². The largest absolute Gasteiger partial charge is 0.357 e. The smallest absolute Gasteiger partial charge is 0.236 e. The Kier molecular flexibility index (Phi) is 4.03. The van der Waals surface area contributed by atoms with E-state index in [0.717, 1.165) is 0 Å². The Hall–Kier alpha value is -0.940. The summed E-state index contributed by atoms with van der Waals surface area (Å²) in [6.45, 7) is 0.694. The number of anilines is 1. The molecule has 14 heavy (non-hydrogen) atoms. The van der Waals surface area contributed by atoms with Crippen molar-refractivity contribution in [3.8, 4) is 0 Å². The molecule has 0 unspecified atom stereocenters. The fourth-order valence-electron chi connectivity index (χ4n) is 0.984. The van der Waals surface area contributed by atoms with Gasteiger partial charge in [-0.15, -0.1) is 0 Å².